The Balaban J connectivity index is 1.80. The van der Waals surface area contributed by atoms with Crippen LogP contribution in [0, 0.1) is 6.92 Å². The van der Waals surface area contributed by atoms with Gasteiger partial charge in [-0.3, -0.25) is 0 Å². The lowest BCUT2D eigenvalue weighted by Gasteiger charge is -2.17. The lowest BCUT2D eigenvalue weighted by molar-refractivity contribution is 0.129. The van der Waals surface area contributed by atoms with Crippen LogP contribution in [-0.2, 0) is 6.54 Å². The van der Waals surface area contributed by atoms with Gasteiger partial charge < -0.3 is 24.9 Å². The average Bonchev–Trinajstić information content (AvgIpc) is 3.08. The summed E-state index contributed by atoms with van der Waals surface area (Å²) in [6, 6.07) is 8.76. The van der Waals surface area contributed by atoms with Gasteiger partial charge in [0.2, 0.25) is 0 Å². The summed E-state index contributed by atoms with van der Waals surface area (Å²) in [7, 11) is 1.61. The SMILES string of the molecule is COc1cc(C)ccc1CNC(=O)NC(C)CC(O)c1ccco1. The smallest absolute Gasteiger partial charge is 0.315 e. The quantitative estimate of drug-likeness (QED) is 0.728. The van der Waals surface area contributed by atoms with Crippen LogP contribution in [0.3, 0.4) is 0 Å². The molecule has 2 aromatic rings. The van der Waals surface area contributed by atoms with Crippen LogP contribution in [0.1, 0.15) is 36.3 Å². The van der Waals surface area contributed by atoms with Crippen LogP contribution in [0.5, 0.6) is 5.75 Å². The predicted octanol–water partition coefficient (Wildman–Crippen LogP) is 2.91. The molecule has 1 aromatic carbocycles. The van der Waals surface area contributed by atoms with E-state index in [9.17, 15) is 9.90 Å². The molecular formula is C18H24N2O4. The van der Waals surface area contributed by atoms with E-state index < -0.39 is 6.10 Å². The molecule has 2 rings (SSSR count). The predicted molar refractivity (Wildman–Crippen MR) is 90.8 cm³/mol. The molecule has 0 aliphatic rings. The molecule has 6 heteroatoms. The molecule has 0 bridgehead atoms. The zero-order valence-corrected chi connectivity index (χ0v) is 14.2. The van der Waals surface area contributed by atoms with E-state index in [1.807, 2.05) is 32.0 Å². The Labute approximate surface area is 141 Å². The number of amides is 2. The molecule has 2 unspecified atom stereocenters. The van der Waals surface area contributed by atoms with Gasteiger partial charge in [0.15, 0.2) is 0 Å². The molecule has 0 aliphatic heterocycles. The minimum Gasteiger partial charge on any atom is -0.496 e. The molecule has 1 aromatic heterocycles. The van der Waals surface area contributed by atoms with E-state index >= 15 is 0 Å². The number of hydrogen-bond acceptors (Lipinski definition) is 4. The molecular weight excluding hydrogens is 308 g/mol. The van der Waals surface area contributed by atoms with Crippen molar-refractivity contribution in [1.29, 1.82) is 0 Å². The van der Waals surface area contributed by atoms with Crippen molar-refractivity contribution in [3.63, 3.8) is 0 Å². The summed E-state index contributed by atoms with van der Waals surface area (Å²) >= 11 is 0. The lowest BCUT2D eigenvalue weighted by atomic mass is 10.1. The highest BCUT2D eigenvalue weighted by Gasteiger charge is 2.16. The van der Waals surface area contributed by atoms with Crippen LogP contribution in [0.15, 0.2) is 41.0 Å². The minimum atomic E-state index is -0.743. The van der Waals surface area contributed by atoms with Gasteiger partial charge in [-0.05, 0) is 37.6 Å². The van der Waals surface area contributed by atoms with Gasteiger partial charge in [0.1, 0.15) is 17.6 Å². The molecule has 0 radical (unpaired) electrons. The molecule has 0 saturated carbocycles. The van der Waals surface area contributed by atoms with Crippen LogP contribution in [0.4, 0.5) is 4.79 Å². The fourth-order valence-electron chi connectivity index (χ4n) is 2.44. The maximum atomic E-state index is 12.0. The first-order valence-corrected chi connectivity index (χ1v) is 7.89. The van der Waals surface area contributed by atoms with E-state index in [-0.39, 0.29) is 12.1 Å². The number of urea groups is 1. The Kier molecular flexibility index (Phi) is 6.26. The van der Waals surface area contributed by atoms with Gasteiger partial charge in [0, 0.05) is 24.6 Å². The molecule has 130 valence electrons. The number of nitrogens with one attached hydrogen (secondary N) is 2. The van der Waals surface area contributed by atoms with Crippen LogP contribution >= 0.6 is 0 Å². The second-order valence-corrected chi connectivity index (χ2v) is 5.81. The van der Waals surface area contributed by atoms with E-state index in [0.717, 1.165) is 16.9 Å². The van der Waals surface area contributed by atoms with Gasteiger partial charge in [-0.25, -0.2) is 4.79 Å². The van der Waals surface area contributed by atoms with Crippen LogP contribution < -0.4 is 15.4 Å². The van der Waals surface area contributed by atoms with E-state index in [1.165, 1.54) is 6.26 Å². The average molecular weight is 332 g/mol. The molecule has 3 N–H and O–H groups in total. The van der Waals surface area contributed by atoms with E-state index in [4.69, 9.17) is 9.15 Å². The number of furan rings is 1. The van der Waals surface area contributed by atoms with Crippen molar-refractivity contribution in [2.45, 2.75) is 39.0 Å². The first-order chi connectivity index (χ1) is 11.5. The zero-order valence-electron chi connectivity index (χ0n) is 14.2. The topological polar surface area (TPSA) is 83.7 Å². The third kappa shape index (κ3) is 5.03. The van der Waals surface area contributed by atoms with Crippen molar-refractivity contribution in [3.05, 3.63) is 53.5 Å². The first kappa shape index (κ1) is 17.9. The number of methoxy groups -OCH3 is 1. The Bertz CT molecular complexity index is 655. The Morgan fingerprint density at radius 3 is 2.83 bits per heavy atom. The van der Waals surface area contributed by atoms with Gasteiger partial charge >= 0.3 is 6.03 Å². The number of rotatable bonds is 7. The minimum absolute atomic E-state index is 0.204. The summed E-state index contributed by atoms with van der Waals surface area (Å²) in [4.78, 5) is 12.0. The van der Waals surface area contributed by atoms with Gasteiger partial charge in [-0.2, -0.15) is 0 Å². The zero-order chi connectivity index (χ0) is 17.5. The van der Waals surface area contributed by atoms with Crippen molar-refractivity contribution < 1.29 is 19.1 Å². The van der Waals surface area contributed by atoms with Gasteiger partial charge in [0.05, 0.1) is 13.4 Å². The Morgan fingerprint density at radius 2 is 2.17 bits per heavy atom. The molecule has 0 fully saturated rings. The van der Waals surface area contributed by atoms with Gasteiger partial charge in [-0.1, -0.05) is 12.1 Å². The number of aryl methyl sites for hydroxylation is 1. The molecule has 0 saturated heterocycles. The highest BCUT2D eigenvalue weighted by atomic mass is 16.5. The van der Waals surface area contributed by atoms with E-state index in [1.54, 1.807) is 19.2 Å². The summed E-state index contributed by atoms with van der Waals surface area (Å²) in [6.07, 6.45) is 1.14. The first-order valence-electron chi connectivity index (χ1n) is 7.89. The number of aliphatic hydroxyl groups excluding tert-OH is 1. The van der Waals surface area contributed by atoms with Crippen molar-refractivity contribution in [1.82, 2.24) is 10.6 Å². The summed E-state index contributed by atoms with van der Waals surface area (Å²) in [5.74, 6) is 1.24. The van der Waals surface area contributed by atoms with Crippen LogP contribution in [0.25, 0.3) is 0 Å². The van der Waals surface area contributed by atoms with Crippen LogP contribution in [0.2, 0.25) is 0 Å². The van der Waals surface area contributed by atoms with Gasteiger partial charge in [-0.15, -0.1) is 0 Å². The second-order valence-electron chi connectivity index (χ2n) is 5.81. The van der Waals surface area contributed by atoms with E-state index in [0.29, 0.717) is 18.7 Å². The molecule has 0 aliphatic carbocycles. The standard InChI is InChI=1S/C18H24N2O4/c1-12-6-7-14(17(9-12)23-3)11-19-18(22)20-13(2)10-15(21)16-5-4-8-24-16/h4-9,13,15,21H,10-11H2,1-3H3,(H2,19,20,22). The number of carbonyl (C=O) groups is 1. The van der Waals surface area contributed by atoms with Crippen molar-refractivity contribution in [2.24, 2.45) is 0 Å². The molecule has 0 spiro atoms. The number of ether oxygens (including phenoxy) is 1. The van der Waals surface area contributed by atoms with Crippen LogP contribution in [-0.4, -0.2) is 24.3 Å². The monoisotopic (exact) mass is 332 g/mol. The number of benzene rings is 1. The third-order valence-electron chi connectivity index (χ3n) is 3.71. The highest BCUT2D eigenvalue weighted by Crippen LogP contribution is 2.20. The maximum Gasteiger partial charge on any atom is 0.315 e. The summed E-state index contributed by atoms with van der Waals surface area (Å²) in [5, 5.41) is 15.6. The molecule has 24 heavy (non-hydrogen) atoms. The molecule has 6 nitrogen and oxygen atoms in total. The second kappa shape index (κ2) is 8.40. The Hall–Kier alpha value is -2.47. The highest BCUT2D eigenvalue weighted by molar-refractivity contribution is 5.74. The fourth-order valence-corrected chi connectivity index (χ4v) is 2.44. The molecule has 1 heterocycles. The fraction of sp³-hybridized carbons (Fsp3) is 0.389. The van der Waals surface area contributed by atoms with Crippen molar-refractivity contribution in [2.75, 3.05) is 7.11 Å². The normalized spacial score (nSPS) is 13.2. The molecule has 2 amide bonds. The van der Waals surface area contributed by atoms with E-state index in [2.05, 4.69) is 10.6 Å². The maximum absolute atomic E-state index is 12.0. The lowest BCUT2D eigenvalue weighted by Crippen LogP contribution is -2.41. The van der Waals surface area contributed by atoms with Crippen molar-refractivity contribution >= 4 is 6.03 Å². The summed E-state index contributed by atoms with van der Waals surface area (Å²) < 4.78 is 10.5. The number of hydrogen-bond donors (Lipinski definition) is 3. The number of carbonyl (C=O) groups excluding carboxylic acids is 1. The summed E-state index contributed by atoms with van der Waals surface area (Å²) in [5.41, 5.74) is 2.00. The Morgan fingerprint density at radius 1 is 1.38 bits per heavy atom. The molecule has 2 atom stereocenters. The number of aliphatic hydroxyl groups is 1. The van der Waals surface area contributed by atoms with Crippen molar-refractivity contribution in [3.8, 4) is 5.75 Å². The largest absolute Gasteiger partial charge is 0.496 e. The van der Waals surface area contributed by atoms with Gasteiger partial charge in [0.25, 0.3) is 0 Å². The third-order valence-corrected chi connectivity index (χ3v) is 3.71. The summed E-state index contributed by atoms with van der Waals surface area (Å²) in [6.45, 7) is 4.18.